The summed E-state index contributed by atoms with van der Waals surface area (Å²) in [6, 6.07) is 7.61. The molecule has 0 bridgehead atoms. The van der Waals surface area contributed by atoms with Crippen LogP contribution in [0.3, 0.4) is 0 Å². The van der Waals surface area contributed by atoms with Crippen LogP contribution in [0.1, 0.15) is 19.4 Å². The van der Waals surface area contributed by atoms with Crippen LogP contribution in [-0.2, 0) is 14.3 Å². The van der Waals surface area contributed by atoms with Gasteiger partial charge in [-0.1, -0.05) is 24.3 Å². The van der Waals surface area contributed by atoms with Crippen LogP contribution in [-0.4, -0.2) is 25.6 Å². The molecule has 0 aliphatic carbocycles. The number of anilines is 1. The Balaban J connectivity index is 2.23. The monoisotopic (exact) mass is 263 g/mol. The van der Waals surface area contributed by atoms with Crippen molar-refractivity contribution in [1.29, 1.82) is 0 Å². The average Bonchev–Trinajstić information content (AvgIpc) is 2.42. The van der Waals surface area contributed by atoms with Crippen LogP contribution in [0.15, 0.2) is 30.3 Å². The molecule has 0 saturated carbocycles. The van der Waals surface area contributed by atoms with Gasteiger partial charge in [0.2, 0.25) is 0 Å². The fourth-order valence-electron chi connectivity index (χ4n) is 1.85. The Kier molecular flexibility index (Phi) is 4.41. The summed E-state index contributed by atoms with van der Waals surface area (Å²) in [4.78, 5) is 16.7. The zero-order valence-corrected chi connectivity index (χ0v) is 11.0. The van der Waals surface area contributed by atoms with Crippen LogP contribution in [0, 0.1) is 0 Å². The molecular weight excluding hydrogens is 246 g/mol. The van der Waals surface area contributed by atoms with Gasteiger partial charge < -0.3 is 14.3 Å². The molecule has 1 aliphatic rings. The maximum absolute atomic E-state index is 11.5. The Hall–Kier alpha value is -2.01. The fraction of sp³-hybridized carbons (Fsp3) is 0.357. The van der Waals surface area contributed by atoms with E-state index in [0.29, 0.717) is 6.61 Å². The number of ether oxygens (including phenoxy) is 2. The van der Waals surface area contributed by atoms with Crippen molar-refractivity contribution in [2.24, 2.45) is 0 Å². The summed E-state index contributed by atoms with van der Waals surface area (Å²) in [5, 5.41) is 1.43. The minimum Gasteiger partial charge on any atom is -0.433 e. The Morgan fingerprint density at radius 1 is 1.26 bits per heavy atom. The van der Waals surface area contributed by atoms with E-state index in [1.165, 1.54) is 5.06 Å². The summed E-state index contributed by atoms with van der Waals surface area (Å²) in [6.07, 6.45) is 2.60. The van der Waals surface area contributed by atoms with Gasteiger partial charge in [-0.3, -0.25) is 0 Å². The Morgan fingerprint density at radius 2 is 2.05 bits per heavy atom. The zero-order chi connectivity index (χ0) is 13.7. The van der Waals surface area contributed by atoms with Gasteiger partial charge in [0.15, 0.2) is 6.23 Å². The van der Waals surface area contributed by atoms with Gasteiger partial charge in [-0.05, 0) is 26.0 Å². The number of hydroxylamine groups is 1. The average molecular weight is 263 g/mol. The van der Waals surface area contributed by atoms with Gasteiger partial charge in [0.05, 0.1) is 12.3 Å². The molecule has 5 heteroatoms. The Bertz CT molecular complexity index is 472. The number of carbonyl (C=O) groups is 1. The van der Waals surface area contributed by atoms with E-state index in [-0.39, 0.29) is 6.61 Å². The first kappa shape index (κ1) is 13.4. The summed E-state index contributed by atoms with van der Waals surface area (Å²) >= 11 is 0. The Labute approximate surface area is 112 Å². The van der Waals surface area contributed by atoms with Crippen LogP contribution >= 0.6 is 0 Å². The number of hydrogen-bond acceptors (Lipinski definition) is 5. The molecule has 1 aliphatic heterocycles. The minimum atomic E-state index is -0.739. The predicted octanol–water partition coefficient (Wildman–Crippen LogP) is 2.97. The van der Waals surface area contributed by atoms with Crippen LogP contribution in [0.2, 0.25) is 0 Å². The van der Waals surface area contributed by atoms with E-state index in [4.69, 9.17) is 14.3 Å². The van der Waals surface area contributed by atoms with Crippen molar-refractivity contribution < 1.29 is 19.1 Å². The van der Waals surface area contributed by atoms with Crippen molar-refractivity contribution in [3.05, 3.63) is 35.9 Å². The summed E-state index contributed by atoms with van der Waals surface area (Å²) in [7, 11) is 0. The van der Waals surface area contributed by atoms with Crippen molar-refractivity contribution in [2.45, 2.75) is 20.1 Å². The Morgan fingerprint density at radius 3 is 2.79 bits per heavy atom. The molecule has 1 aromatic carbocycles. The number of fused-ring (bicyclic) bond motifs is 1. The van der Waals surface area contributed by atoms with Crippen molar-refractivity contribution in [2.75, 3.05) is 18.3 Å². The lowest BCUT2D eigenvalue weighted by Crippen LogP contribution is -2.40. The highest BCUT2D eigenvalue weighted by Gasteiger charge is 2.26. The molecule has 0 spiro atoms. The number of carbonyl (C=O) groups excluding carboxylic acids is 1. The maximum Gasteiger partial charge on any atom is 0.533 e. The largest absolute Gasteiger partial charge is 0.533 e. The second-order valence-corrected chi connectivity index (χ2v) is 3.86. The molecular formula is C14H17NO4. The van der Waals surface area contributed by atoms with E-state index >= 15 is 0 Å². The van der Waals surface area contributed by atoms with E-state index in [1.54, 1.807) is 6.92 Å². The van der Waals surface area contributed by atoms with Crippen molar-refractivity contribution >= 4 is 17.9 Å². The van der Waals surface area contributed by atoms with Crippen molar-refractivity contribution in [1.82, 2.24) is 0 Å². The molecule has 102 valence electrons. The molecule has 19 heavy (non-hydrogen) atoms. The van der Waals surface area contributed by atoms with Crippen LogP contribution in [0.25, 0.3) is 6.08 Å². The molecule has 1 aromatic rings. The molecule has 0 saturated heterocycles. The van der Waals surface area contributed by atoms with E-state index < -0.39 is 12.4 Å². The molecule has 2 rings (SSSR count). The fourth-order valence-corrected chi connectivity index (χ4v) is 1.85. The van der Waals surface area contributed by atoms with Crippen molar-refractivity contribution in [3.63, 3.8) is 0 Å². The highest BCUT2D eigenvalue weighted by molar-refractivity contribution is 5.72. The quantitative estimate of drug-likeness (QED) is 0.781. The van der Waals surface area contributed by atoms with Gasteiger partial charge in [0, 0.05) is 12.2 Å². The van der Waals surface area contributed by atoms with Crippen LogP contribution in [0.4, 0.5) is 10.5 Å². The first-order valence-electron chi connectivity index (χ1n) is 6.29. The molecule has 0 radical (unpaired) electrons. The van der Waals surface area contributed by atoms with Gasteiger partial charge in [-0.2, -0.15) is 5.06 Å². The normalized spacial score (nSPS) is 16.9. The lowest BCUT2D eigenvalue weighted by molar-refractivity contribution is -0.0110. The minimum absolute atomic E-state index is 0.267. The number of rotatable bonds is 4. The van der Waals surface area contributed by atoms with E-state index in [1.807, 2.05) is 43.3 Å². The van der Waals surface area contributed by atoms with E-state index in [2.05, 4.69) is 0 Å². The molecule has 1 unspecified atom stereocenters. The summed E-state index contributed by atoms with van der Waals surface area (Å²) in [5.41, 5.74) is 1.74. The first-order chi connectivity index (χ1) is 9.26. The smallest absolute Gasteiger partial charge is 0.433 e. The third kappa shape index (κ3) is 3.06. The third-order valence-electron chi connectivity index (χ3n) is 2.62. The van der Waals surface area contributed by atoms with E-state index in [0.717, 1.165) is 11.3 Å². The SMILES string of the molecule is CCOC(=O)ON1c2ccccc2C=CC1OCC. The second kappa shape index (κ2) is 6.24. The number of para-hydroxylation sites is 1. The van der Waals surface area contributed by atoms with Gasteiger partial charge in [-0.15, -0.1) is 0 Å². The first-order valence-corrected chi connectivity index (χ1v) is 6.29. The standard InChI is InChI=1S/C14H17NO4/c1-3-17-13-10-9-11-7-5-6-8-12(11)15(13)19-14(16)18-4-2/h5-10,13H,3-4H2,1-2H3. The maximum atomic E-state index is 11.5. The van der Waals surface area contributed by atoms with Gasteiger partial charge in [0.1, 0.15) is 0 Å². The summed E-state index contributed by atoms with van der Waals surface area (Å²) in [6.45, 7) is 4.39. The predicted molar refractivity (Wildman–Crippen MR) is 71.5 cm³/mol. The van der Waals surface area contributed by atoms with E-state index in [9.17, 15) is 4.79 Å². The molecule has 1 heterocycles. The number of benzene rings is 1. The molecule has 0 N–H and O–H groups in total. The molecule has 0 fully saturated rings. The highest BCUT2D eigenvalue weighted by atomic mass is 16.8. The number of nitrogens with zero attached hydrogens (tertiary/aromatic N) is 1. The topological polar surface area (TPSA) is 48.0 Å². The van der Waals surface area contributed by atoms with Gasteiger partial charge >= 0.3 is 6.16 Å². The molecule has 0 amide bonds. The lowest BCUT2D eigenvalue weighted by atomic mass is 10.1. The molecule has 0 aromatic heterocycles. The molecule has 1 atom stereocenters. The summed E-state index contributed by atoms with van der Waals surface area (Å²) in [5.74, 6) is 0. The third-order valence-corrected chi connectivity index (χ3v) is 2.62. The second-order valence-electron chi connectivity index (χ2n) is 3.86. The highest BCUT2D eigenvalue weighted by Crippen LogP contribution is 2.29. The molecule has 5 nitrogen and oxygen atoms in total. The van der Waals surface area contributed by atoms with Crippen LogP contribution < -0.4 is 5.06 Å². The van der Waals surface area contributed by atoms with Gasteiger partial charge in [-0.25, -0.2) is 4.79 Å². The summed E-state index contributed by atoms with van der Waals surface area (Å²) < 4.78 is 10.3. The lowest BCUT2D eigenvalue weighted by Gasteiger charge is -2.32. The van der Waals surface area contributed by atoms with Crippen LogP contribution in [0.5, 0.6) is 0 Å². The van der Waals surface area contributed by atoms with Crippen molar-refractivity contribution in [3.8, 4) is 0 Å². The zero-order valence-electron chi connectivity index (χ0n) is 11.0. The number of hydrogen-bond donors (Lipinski definition) is 0. The van der Waals surface area contributed by atoms with Gasteiger partial charge in [0.25, 0.3) is 0 Å².